The monoisotopic (exact) mass is 226 g/mol. The van der Waals surface area contributed by atoms with Crippen molar-refractivity contribution in [1.29, 1.82) is 10.5 Å². The molecule has 0 rings (SSSR count). The summed E-state index contributed by atoms with van der Waals surface area (Å²) in [5.74, 6) is 0. The van der Waals surface area contributed by atoms with Gasteiger partial charge in [0.1, 0.15) is 0 Å². The van der Waals surface area contributed by atoms with Crippen LogP contribution in [-0.4, -0.2) is 27.2 Å². The molecule has 0 heterocycles. The van der Waals surface area contributed by atoms with Gasteiger partial charge in [-0.25, -0.2) is 0 Å². The van der Waals surface area contributed by atoms with Crippen LogP contribution in [0, 0.1) is 22.7 Å². The second-order valence-electron chi connectivity index (χ2n) is 2.45. The summed E-state index contributed by atoms with van der Waals surface area (Å²) in [5, 5.41) is 21.8. The summed E-state index contributed by atoms with van der Waals surface area (Å²) in [6.45, 7) is 1.72. The molecule has 0 aromatic carbocycles. The van der Waals surface area contributed by atoms with Crippen LogP contribution in [-0.2, 0) is 0 Å². The second-order valence-corrected chi connectivity index (χ2v) is 2.45. The van der Waals surface area contributed by atoms with Gasteiger partial charge < -0.3 is 10.6 Å². The van der Waals surface area contributed by atoms with Crippen molar-refractivity contribution in [3.05, 3.63) is 12.2 Å². The van der Waals surface area contributed by atoms with E-state index >= 15 is 0 Å². The van der Waals surface area contributed by atoms with Gasteiger partial charge in [0.05, 0.1) is 12.1 Å². The van der Waals surface area contributed by atoms with Crippen LogP contribution >= 0.6 is 0 Å². The third-order valence-electron chi connectivity index (χ3n) is 1.23. The highest BCUT2D eigenvalue weighted by atomic mass is 14.8. The average Bonchev–Trinajstić information content (AvgIpc) is 2.21. The van der Waals surface area contributed by atoms with Crippen molar-refractivity contribution in [2.75, 3.05) is 27.2 Å². The van der Waals surface area contributed by atoms with Gasteiger partial charge in [0.25, 0.3) is 0 Å². The summed E-state index contributed by atoms with van der Waals surface area (Å²) in [7, 11) is 3.72. The van der Waals surface area contributed by atoms with Crippen LogP contribution in [0.4, 0.5) is 0 Å². The highest BCUT2D eigenvalue weighted by Gasteiger charge is 1.78. The minimum atomic E-state index is 0. The number of hydrogen-bond donors (Lipinski definition) is 2. The van der Waals surface area contributed by atoms with Crippen molar-refractivity contribution < 1.29 is 0 Å². The van der Waals surface area contributed by atoms with Crippen molar-refractivity contribution in [3.8, 4) is 12.1 Å². The number of nitriles is 2. The van der Waals surface area contributed by atoms with Crippen LogP contribution in [0.2, 0.25) is 0 Å². The quantitative estimate of drug-likeness (QED) is 0.556. The molecule has 0 saturated carbocycles. The largest absolute Gasteiger partial charge is 0.320 e. The van der Waals surface area contributed by atoms with E-state index in [1.54, 1.807) is 6.08 Å². The number of rotatable bonds is 5. The van der Waals surface area contributed by atoms with Gasteiger partial charge in [-0.15, -0.1) is 0 Å². The van der Waals surface area contributed by atoms with Crippen LogP contribution in [0.3, 0.4) is 0 Å². The Morgan fingerprint density at radius 2 is 1.75 bits per heavy atom. The topological polar surface area (TPSA) is 71.6 Å². The zero-order valence-corrected chi connectivity index (χ0v) is 8.88. The zero-order valence-electron chi connectivity index (χ0n) is 8.88. The Labute approximate surface area is 101 Å². The van der Waals surface area contributed by atoms with E-state index in [1.165, 1.54) is 6.08 Å². The van der Waals surface area contributed by atoms with Crippen molar-refractivity contribution >= 4 is 0 Å². The van der Waals surface area contributed by atoms with E-state index in [1.807, 2.05) is 20.2 Å². The molecule has 0 aliphatic carbocycles. The molecule has 0 atom stereocenters. The highest BCUT2D eigenvalue weighted by Crippen LogP contribution is 1.79. The molecular formula is C12H26N4. The lowest BCUT2D eigenvalue weighted by Gasteiger charge is -1.88. The molecule has 0 radical (unpaired) electrons. The second kappa shape index (κ2) is 29.2. The van der Waals surface area contributed by atoms with E-state index in [-0.39, 0.29) is 14.9 Å². The number of hydrogen-bond acceptors (Lipinski definition) is 4. The van der Waals surface area contributed by atoms with Crippen molar-refractivity contribution in [1.82, 2.24) is 10.6 Å². The summed E-state index contributed by atoms with van der Waals surface area (Å²) in [4.78, 5) is 0. The molecule has 94 valence electrons. The molecule has 0 aromatic heterocycles. The third kappa shape index (κ3) is 38.8. The zero-order chi connectivity index (χ0) is 11.1. The van der Waals surface area contributed by atoms with Crippen molar-refractivity contribution in [2.45, 2.75) is 27.7 Å². The Kier molecular flexibility index (Phi) is 43.9. The normalized spacial score (nSPS) is 7.50. The SMILES string of the molecule is C.C.CNC/C=C/C#N.CNCCCC#N. The number of allylic oxidation sites excluding steroid dienone is 1. The smallest absolute Gasteiger partial charge is 0.0909 e. The van der Waals surface area contributed by atoms with E-state index in [0.29, 0.717) is 6.42 Å². The molecule has 0 saturated heterocycles. The fourth-order valence-corrected chi connectivity index (χ4v) is 0.574. The Bertz CT molecular complexity index is 198. The minimum absolute atomic E-state index is 0. The van der Waals surface area contributed by atoms with Gasteiger partial charge in [-0.3, -0.25) is 0 Å². The van der Waals surface area contributed by atoms with Gasteiger partial charge in [-0.05, 0) is 27.1 Å². The maximum Gasteiger partial charge on any atom is 0.0909 e. The van der Waals surface area contributed by atoms with E-state index in [9.17, 15) is 0 Å². The molecule has 0 fully saturated rings. The molecular weight excluding hydrogens is 200 g/mol. The Morgan fingerprint density at radius 1 is 1.12 bits per heavy atom. The first-order chi connectivity index (χ1) is 6.83. The Hall–Kier alpha value is -1.36. The van der Waals surface area contributed by atoms with Gasteiger partial charge in [-0.2, -0.15) is 10.5 Å². The fraction of sp³-hybridized carbons (Fsp3) is 0.667. The first-order valence-electron chi connectivity index (χ1n) is 4.54. The van der Waals surface area contributed by atoms with Gasteiger partial charge in [0.2, 0.25) is 0 Å². The summed E-state index contributed by atoms with van der Waals surface area (Å²) in [6, 6.07) is 3.94. The van der Waals surface area contributed by atoms with Crippen LogP contribution in [0.5, 0.6) is 0 Å². The standard InChI is InChI=1S/C5H10N2.C5H8N2.2CH4/c2*1-7-5-3-2-4-6;;/h7H,2-3,5H2,1H3;2-3,7H,5H2,1H3;2*1H4/b;3-2+;;. The van der Waals surface area contributed by atoms with Crippen LogP contribution in [0.15, 0.2) is 12.2 Å². The summed E-state index contributed by atoms with van der Waals surface area (Å²) < 4.78 is 0. The summed E-state index contributed by atoms with van der Waals surface area (Å²) in [6.07, 6.45) is 4.85. The lowest BCUT2D eigenvalue weighted by molar-refractivity contribution is 0.739. The molecule has 0 aromatic rings. The van der Waals surface area contributed by atoms with Crippen LogP contribution in [0.25, 0.3) is 0 Å². The van der Waals surface area contributed by atoms with Crippen molar-refractivity contribution in [2.24, 2.45) is 0 Å². The molecule has 0 aliphatic heterocycles. The van der Waals surface area contributed by atoms with E-state index < -0.39 is 0 Å². The van der Waals surface area contributed by atoms with Crippen LogP contribution in [0.1, 0.15) is 27.7 Å². The molecule has 0 aliphatic rings. The molecule has 0 spiro atoms. The maximum absolute atomic E-state index is 8.02. The first kappa shape index (κ1) is 24.1. The highest BCUT2D eigenvalue weighted by molar-refractivity contribution is 5.01. The molecule has 4 heteroatoms. The molecule has 0 unspecified atom stereocenters. The minimum Gasteiger partial charge on any atom is -0.320 e. The summed E-state index contributed by atoms with van der Waals surface area (Å²) in [5.41, 5.74) is 0. The average molecular weight is 226 g/mol. The third-order valence-corrected chi connectivity index (χ3v) is 1.23. The van der Waals surface area contributed by atoms with Gasteiger partial charge in [0, 0.05) is 19.0 Å². The van der Waals surface area contributed by atoms with Gasteiger partial charge >= 0.3 is 0 Å². The molecule has 16 heavy (non-hydrogen) atoms. The number of unbranched alkanes of at least 4 members (excludes halogenated alkanes) is 1. The fourth-order valence-electron chi connectivity index (χ4n) is 0.574. The molecule has 0 amide bonds. The molecule has 2 N–H and O–H groups in total. The number of nitrogens with zero attached hydrogens (tertiary/aromatic N) is 2. The van der Waals surface area contributed by atoms with Gasteiger partial charge in [-0.1, -0.05) is 20.9 Å². The van der Waals surface area contributed by atoms with E-state index in [2.05, 4.69) is 16.7 Å². The number of nitrogens with one attached hydrogen (secondary N) is 2. The number of likely N-dealkylation sites (N-methyl/N-ethyl adjacent to an activating group) is 1. The lowest BCUT2D eigenvalue weighted by atomic mass is 10.3. The summed E-state index contributed by atoms with van der Waals surface area (Å²) >= 11 is 0. The Morgan fingerprint density at radius 3 is 2.12 bits per heavy atom. The Balaban J connectivity index is -0.0000000800. The lowest BCUT2D eigenvalue weighted by Crippen LogP contribution is -2.06. The molecule has 0 bridgehead atoms. The maximum atomic E-state index is 8.02. The first-order valence-corrected chi connectivity index (χ1v) is 4.54. The van der Waals surface area contributed by atoms with E-state index in [4.69, 9.17) is 10.5 Å². The van der Waals surface area contributed by atoms with E-state index in [0.717, 1.165) is 19.5 Å². The van der Waals surface area contributed by atoms with Crippen molar-refractivity contribution in [3.63, 3.8) is 0 Å². The predicted octanol–water partition coefficient (Wildman–Crippen LogP) is 2.07. The van der Waals surface area contributed by atoms with Crippen LogP contribution < -0.4 is 10.6 Å². The van der Waals surface area contributed by atoms with Gasteiger partial charge in [0.15, 0.2) is 0 Å². The predicted molar refractivity (Wildman–Crippen MR) is 70.9 cm³/mol. The molecule has 4 nitrogen and oxygen atoms in total.